The van der Waals surface area contributed by atoms with Gasteiger partial charge in [-0.3, -0.25) is 4.79 Å². The van der Waals surface area contributed by atoms with E-state index in [4.69, 9.17) is 5.11 Å². The second kappa shape index (κ2) is 6.28. The lowest BCUT2D eigenvalue weighted by atomic mass is 10.0. The van der Waals surface area contributed by atoms with Crippen molar-refractivity contribution < 1.29 is 9.90 Å². The van der Waals surface area contributed by atoms with E-state index in [-0.39, 0.29) is 12.6 Å². The van der Waals surface area contributed by atoms with Crippen LogP contribution in [0.2, 0.25) is 0 Å². The van der Waals surface area contributed by atoms with E-state index in [1.165, 1.54) is 0 Å². The van der Waals surface area contributed by atoms with Gasteiger partial charge in [0.05, 0.1) is 0 Å². The molecule has 0 spiro atoms. The van der Waals surface area contributed by atoms with Crippen LogP contribution in [-0.4, -0.2) is 23.7 Å². The summed E-state index contributed by atoms with van der Waals surface area (Å²) in [6.07, 6.45) is 0.988. The van der Waals surface area contributed by atoms with Crippen LogP contribution in [0.1, 0.15) is 27.2 Å². The minimum atomic E-state index is -0.788. The molecule has 0 aromatic heterocycles. The molecule has 1 rings (SSSR count). The van der Waals surface area contributed by atoms with Crippen LogP contribution in [0.4, 0.5) is 5.69 Å². The average Bonchev–Trinajstić information content (AvgIpc) is 2.25. The van der Waals surface area contributed by atoms with E-state index in [1.54, 1.807) is 0 Å². The van der Waals surface area contributed by atoms with Gasteiger partial charge in [-0.1, -0.05) is 32.0 Å². The van der Waals surface area contributed by atoms with E-state index in [0.29, 0.717) is 5.92 Å². The van der Waals surface area contributed by atoms with Gasteiger partial charge in [-0.25, -0.2) is 0 Å². The molecule has 0 aliphatic carbocycles. The van der Waals surface area contributed by atoms with Gasteiger partial charge < -0.3 is 10.0 Å². The molecule has 0 aliphatic heterocycles. The number of carboxylic acids is 1. The van der Waals surface area contributed by atoms with Crippen molar-refractivity contribution >= 4 is 11.7 Å². The third-order valence-electron chi connectivity index (χ3n) is 2.74. The first-order valence-corrected chi connectivity index (χ1v) is 6.04. The number of hydrogen-bond donors (Lipinski definition) is 1. The number of benzene rings is 1. The Hall–Kier alpha value is -1.51. The Bertz CT molecular complexity index is 348. The van der Waals surface area contributed by atoms with Gasteiger partial charge in [0.15, 0.2) is 0 Å². The monoisotopic (exact) mass is 235 g/mol. The minimum absolute atomic E-state index is 0.0535. The van der Waals surface area contributed by atoms with Crippen molar-refractivity contribution in [3.63, 3.8) is 0 Å². The smallest absolute Gasteiger partial charge is 0.323 e. The maximum Gasteiger partial charge on any atom is 0.323 e. The van der Waals surface area contributed by atoms with Crippen LogP contribution in [0.5, 0.6) is 0 Å². The van der Waals surface area contributed by atoms with Gasteiger partial charge in [-0.2, -0.15) is 0 Å². The Morgan fingerprint density at radius 1 is 1.24 bits per heavy atom. The summed E-state index contributed by atoms with van der Waals surface area (Å²) >= 11 is 0. The zero-order valence-corrected chi connectivity index (χ0v) is 10.8. The topological polar surface area (TPSA) is 40.5 Å². The number of rotatable bonds is 6. The lowest BCUT2D eigenvalue weighted by Crippen LogP contribution is -2.38. The molecule has 1 aromatic rings. The van der Waals surface area contributed by atoms with Crippen molar-refractivity contribution in [2.75, 3.05) is 11.4 Å². The fraction of sp³-hybridized carbons (Fsp3) is 0.500. The van der Waals surface area contributed by atoms with Crippen molar-refractivity contribution in [3.05, 3.63) is 30.3 Å². The molecule has 0 saturated heterocycles. The standard InChI is InChI=1S/C14H21NO2/c1-11(2)9-12(3)15(10-14(16)17)13-7-5-4-6-8-13/h4-8,11-12H,9-10H2,1-3H3,(H,16,17). The third-order valence-corrected chi connectivity index (χ3v) is 2.74. The Kier molecular flexibility index (Phi) is 5.01. The molecule has 1 unspecified atom stereocenters. The molecular weight excluding hydrogens is 214 g/mol. The molecule has 94 valence electrons. The van der Waals surface area contributed by atoms with Crippen molar-refractivity contribution in [1.29, 1.82) is 0 Å². The number of carboxylic acid groups (broad SMARTS) is 1. The molecule has 0 amide bonds. The molecular formula is C14H21NO2. The summed E-state index contributed by atoms with van der Waals surface area (Å²) in [5, 5.41) is 8.99. The minimum Gasteiger partial charge on any atom is -0.480 e. The van der Waals surface area contributed by atoms with Gasteiger partial charge in [0, 0.05) is 11.7 Å². The van der Waals surface area contributed by atoms with Crippen LogP contribution in [-0.2, 0) is 4.79 Å². The summed E-state index contributed by atoms with van der Waals surface area (Å²) < 4.78 is 0. The second-order valence-corrected chi connectivity index (χ2v) is 4.84. The molecule has 0 fully saturated rings. The van der Waals surface area contributed by atoms with Gasteiger partial charge in [0.2, 0.25) is 0 Å². The number of aliphatic carboxylic acids is 1. The molecule has 0 heterocycles. The molecule has 17 heavy (non-hydrogen) atoms. The maximum atomic E-state index is 10.9. The molecule has 0 bridgehead atoms. The van der Waals surface area contributed by atoms with Gasteiger partial charge >= 0.3 is 5.97 Å². The van der Waals surface area contributed by atoms with Crippen LogP contribution in [0, 0.1) is 5.92 Å². The Labute approximate surface area is 103 Å². The predicted octanol–water partition coefficient (Wildman–Crippen LogP) is 3.01. The van der Waals surface area contributed by atoms with E-state index < -0.39 is 5.97 Å². The third kappa shape index (κ3) is 4.47. The van der Waals surface area contributed by atoms with Gasteiger partial charge in [-0.15, -0.1) is 0 Å². The van der Waals surface area contributed by atoms with Crippen molar-refractivity contribution in [2.45, 2.75) is 33.2 Å². The first-order valence-electron chi connectivity index (χ1n) is 6.04. The van der Waals surface area contributed by atoms with Crippen molar-refractivity contribution in [1.82, 2.24) is 0 Å². The number of carbonyl (C=O) groups is 1. The largest absolute Gasteiger partial charge is 0.480 e. The van der Waals surface area contributed by atoms with E-state index >= 15 is 0 Å². The van der Waals surface area contributed by atoms with Gasteiger partial charge in [0.1, 0.15) is 6.54 Å². The maximum absolute atomic E-state index is 10.9. The molecule has 0 saturated carbocycles. The lowest BCUT2D eigenvalue weighted by molar-refractivity contribution is -0.135. The van der Waals surface area contributed by atoms with E-state index in [0.717, 1.165) is 12.1 Å². The fourth-order valence-corrected chi connectivity index (χ4v) is 2.08. The molecule has 3 heteroatoms. The van der Waals surface area contributed by atoms with Crippen LogP contribution in [0.25, 0.3) is 0 Å². The van der Waals surface area contributed by atoms with E-state index in [2.05, 4.69) is 20.8 Å². The highest BCUT2D eigenvalue weighted by molar-refractivity contribution is 5.74. The fourth-order valence-electron chi connectivity index (χ4n) is 2.08. The summed E-state index contributed by atoms with van der Waals surface area (Å²) in [5.74, 6) is -0.227. The molecule has 0 radical (unpaired) electrons. The lowest BCUT2D eigenvalue weighted by Gasteiger charge is -2.31. The predicted molar refractivity (Wildman–Crippen MR) is 70.3 cm³/mol. The van der Waals surface area contributed by atoms with Crippen LogP contribution in [0.3, 0.4) is 0 Å². The summed E-state index contributed by atoms with van der Waals surface area (Å²) in [6, 6.07) is 9.96. The molecule has 1 aromatic carbocycles. The summed E-state index contributed by atoms with van der Waals surface area (Å²) in [6.45, 7) is 6.44. The SMILES string of the molecule is CC(C)CC(C)N(CC(=O)O)c1ccccc1. The molecule has 3 nitrogen and oxygen atoms in total. The number of nitrogens with zero attached hydrogens (tertiary/aromatic N) is 1. The van der Waals surface area contributed by atoms with Crippen molar-refractivity contribution in [3.8, 4) is 0 Å². The normalized spacial score (nSPS) is 12.5. The first kappa shape index (κ1) is 13.6. The van der Waals surface area contributed by atoms with Gasteiger partial charge in [-0.05, 0) is 31.4 Å². The summed E-state index contributed by atoms with van der Waals surface area (Å²) in [5.41, 5.74) is 0.975. The number of anilines is 1. The first-order chi connectivity index (χ1) is 8.00. The van der Waals surface area contributed by atoms with Crippen molar-refractivity contribution in [2.24, 2.45) is 5.92 Å². The highest BCUT2D eigenvalue weighted by atomic mass is 16.4. The zero-order valence-electron chi connectivity index (χ0n) is 10.8. The average molecular weight is 235 g/mol. The molecule has 1 atom stereocenters. The highest BCUT2D eigenvalue weighted by Gasteiger charge is 2.18. The second-order valence-electron chi connectivity index (χ2n) is 4.84. The molecule has 1 N–H and O–H groups in total. The highest BCUT2D eigenvalue weighted by Crippen LogP contribution is 2.20. The quantitative estimate of drug-likeness (QED) is 0.824. The van der Waals surface area contributed by atoms with Crippen LogP contribution < -0.4 is 4.90 Å². The Morgan fingerprint density at radius 2 is 1.82 bits per heavy atom. The van der Waals surface area contributed by atoms with Gasteiger partial charge in [0.25, 0.3) is 0 Å². The Morgan fingerprint density at radius 3 is 2.29 bits per heavy atom. The number of para-hydroxylation sites is 1. The number of hydrogen-bond acceptors (Lipinski definition) is 2. The Balaban J connectivity index is 2.84. The van der Waals surface area contributed by atoms with E-state index in [9.17, 15) is 4.79 Å². The van der Waals surface area contributed by atoms with Crippen LogP contribution in [0.15, 0.2) is 30.3 Å². The van der Waals surface area contributed by atoms with E-state index in [1.807, 2.05) is 35.2 Å². The summed E-state index contributed by atoms with van der Waals surface area (Å²) in [7, 11) is 0. The molecule has 0 aliphatic rings. The van der Waals surface area contributed by atoms with Crippen LogP contribution >= 0.6 is 0 Å². The summed E-state index contributed by atoms with van der Waals surface area (Å²) in [4.78, 5) is 12.9. The zero-order chi connectivity index (χ0) is 12.8.